The number of hydrogen-bond donors (Lipinski definition) is 1. The first kappa shape index (κ1) is 13.8. The number of aliphatic hydroxyl groups excluding tert-OH is 1. The molecule has 0 bridgehead atoms. The monoisotopic (exact) mass is 280 g/mol. The van der Waals surface area contributed by atoms with Gasteiger partial charge in [-0.2, -0.15) is 5.10 Å². The predicted octanol–water partition coefficient (Wildman–Crippen LogP) is 1.10. The molecule has 1 aromatic heterocycles. The number of aliphatic hydroxyl groups is 1. The third kappa shape index (κ3) is 3.42. The summed E-state index contributed by atoms with van der Waals surface area (Å²) in [4.78, 5) is 0.218. The molecule has 2 rings (SSSR count). The molecule has 1 N–H and O–H groups in total. The lowest BCUT2D eigenvalue weighted by atomic mass is 10.0. The van der Waals surface area contributed by atoms with Crippen LogP contribution >= 0.6 is 0 Å². The van der Waals surface area contributed by atoms with Gasteiger partial charge < -0.3 is 5.11 Å². The summed E-state index contributed by atoms with van der Waals surface area (Å²) in [6.45, 7) is 0. The van der Waals surface area contributed by atoms with Crippen LogP contribution in [0, 0.1) is 0 Å². The molecule has 1 aromatic carbocycles. The molecule has 5 nitrogen and oxygen atoms in total. The first-order valence-corrected chi connectivity index (χ1v) is 7.71. The molecule has 0 radical (unpaired) electrons. The fourth-order valence-electron chi connectivity index (χ4n) is 1.87. The molecule has 1 heterocycles. The molecule has 0 aliphatic rings. The van der Waals surface area contributed by atoms with Gasteiger partial charge in [0.15, 0.2) is 9.84 Å². The molecule has 0 amide bonds. The van der Waals surface area contributed by atoms with Crippen molar-refractivity contribution < 1.29 is 13.5 Å². The molecule has 6 heteroatoms. The van der Waals surface area contributed by atoms with Crippen LogP contribution in [-0.4, -0.2) is 29.6 Å². The smallest absolute Gasteiger partial charge is 0.175 e. The summed E-state index contributed by atoms with van der Waals surface area (Å²) in [6, 6.07) is 6.39. The molecule has 0 aliphatic carbocycles. The quantitative estimate of drug-likeness (QED) is 0.910. The van der Waals surface area contributed by atoms with Crippen LogP contribution in [0.25, 0.3) is 0 Å². The fourth-order valence-corrected chi connectivity index (χ4v) is 2.55. The van der Waals surface area contributed by atoms with Gasteiger partial charge in [-0.15, -0.1) is 0 Å². The van der Waals surface area contributed by atoms with Crippen LogP contribution in [0.15, 0.2) is 41.6 Å². The normalized spacial score (nSPS) is 13.4. The second kappa shape index (κ2) is 5.14. The van der Waals surface area contributed by atoms with Crippen LogP contribution < -0.4 is 0 Å². The lowest BCUT2D eigenvalue weighted by Crippen LogP contribution is -2.04. The van der Waals surface area contributed by atoms with Crippen molar-refractivity contribution in [3.05, 3.63) is 47.8 Å². The number of rotatable bonds is 4. The zero-order valence-electron chi connectivity index (χ0n) is 10.8. The van der Waals surface area contributed by atoms with Crippen LogP contribution in [0.1, 0.15) is 17.2 Å². The fraction of sp³-hybridized carbons (Fsp3) is 0.308. The predicted molar refractivity (Wildman–Crippen MR) is 71.4 cm³/mol. The third-order valence-electron chi connectivity index (χ3n) is 2.86. The van der Waals surface area contributed by atoms with Gasteiger partial charge in [0.1, 0.15) is 0 Å². The molecular weight excluding hydrogens is 264 g/mol. The first-order valence-electron chi connectivity index (χ1n) is 5.82. The highest BCUT2D eigenvalue weighted by molar-refractivity contribution is 7.90. The Hall–Kier alpha value is -1.66. The minimum Gasteiger partial charge on any atom is -0.388 e. The first-order chi connectivity index (χ1) is 8.86. The molecule has 1 unspecified atom stereocenters. The number of aromatic nitrogens is 2. The maximum atomic E-state index is 11.5. The van der Waals surface area contributed by atoms with Gasteiger partial charge in [-0.25, -0.2) is 8.42 Å². The SMILES string of the molecule is Cn1cc(CC(O)c2cccc(S(C)(=O)=O)c2)cn1. The van der Waals surface area contributed by atoms with Crippen molar-refractivity contribution in [1.29, 1.82) is 0 Å². The Bertz CT molecular complexity index is 677. The average Bonchev–Trinajstić information content (AvgIpc) is 2.74. The topological polar surface area (TPSA) is 72.2 Å². The second-order valence-corrected chi connectivity index (χ2v) is 6.60. The van der Waals surface area contributed by atoms with E-state index in [1.807, 2.05) is 6.20 Å². The molecule has 0 aliphatic heterocycles. The Morgan fingerprint density at radius 2 is 2.16 bits per heavy atom. The van der Waals surface area contributed by atoms with Crippen molar-refractivity contribution in [3.8, 4) is 0 Å². The maximum Gasteiger partial charge on any atom is 0.175 e. The highest BCUT2D eigenvalue weighted by Gasteiger charge is 2.13. The van der Waals surface area contributed by atoms with Gasteiger partial charge in [-0.1, -0.05) is 12.1 Å². The number of hydrogen-bond acceptors (Lipinski definition) is 4. The highest BCUT2D eigenvalue weighted by Crippen LogP contribution is 2.21. The van der Waals surface area contributed by atoms with Crippen LogP contribution in [0.2, 0.25) is 0 Å². The van der Waals surface area contributed by atoms with Crippen molar-refractivity contribution in [2.45, 2.75) is 17.4 Å². The molecular formula is C13H16N2O3S. The molecule has 0 fully saturated rings. The highest BCUT2D eigenvalue weighted by atomic mass is 32.2. The van der Waals surface area contributed by atoms with Crippen molar-refractivity contribution in [1.82, 2.24) is 9.78 Å². The average molecular weight is 280 g/mol. The Kier molecular flexibility index (Phi) is 3.73. The maximum absolute atomic E-state index is 11.5. The summed E-state index contributed by atoms with van der Waals surface area (Å²) < 4.78 is 24.6. The molecule has 0 spiro atoms. The zero-order valence-corrected chi connectivity index (χ0v) is 11.6. The standard InChI is InChI=1S/C13H16N2O3S/c1-15-9-10(8-14-15)6-13(16)11-4-3-5-12(7-11)19(2,17)18/h3-5,7-9,13,16H,6H2,1-2H3. The van der Waals surface area contributed by atoms with E-state index in [1.54, 1.807) is 30.1 Å². The third-order valence-corrected chi connectivity index (χ3v) is 3.97. The summed E-state index contributed by atoms with van der Waals surface area (Å²) in [6.07, 6.45) is 4.32. The summed E-state index contributed by atoms with van der Waals surface area (Å²) in [5.74, 6) is 0. The molecule has 2 aromatic rings. The van der Waals surface area contributed by atoms with Gasteiger partial charge in [0.2, 0.25) is 0 Å². The van der Waals surface area contributed by atoms with Gasteiger partial charge in [0.25, 0.3) is 0 Å². The van der Waals surface area contributed by atoms with E-state index in [-0.39, 0.29) is 4.90 Å². The van der Waals surface area contributed by atoms with Crippen molar-refractivity contribution in [2.24, 2.45) is 7.05 Å². The van der Waals surface area contributed by atoms with E-state index in [4.69, 9.17) is 0 Å². The van der Waals surface area contributed by atoms with Crippen LogP contribution in [0.5, 0.6) is 0 Å². The number of benzene rings is 1. The second-order valence-electron chi connectivity index (χ2n) is 4.59. The van der Waals surface area contributed by atoms with E-state index in [0.717, 1.165) is 11.8 Å². The number of nitrogens with zero attached hydrogens (tertiary/aromatic N) is 2. The zero-order chi connectivity index (χ0) is 14.0. The van der Waals surface area contributed by atoms with Gasteiger partial charge >= 0.3 is 0 Å². The Labute approximate surface area is 112 Å². The molecule has 19 heavy (non-hydrogen) atoms. The van der Waals surface area contributed by atoms with Crippen molar-refractivity contribution in [3.63, 3.8) is 0 Å². The van der Waals surface area contributed by atoms with Gasteiger partial charge in [-0.3, -0.25) is 4.68 Å². The Morgan fingerprint density at radius 3 is 2.74 bits per heavy atom. The summed E-state index contributed by atoms with van der Waals surface area (Å²) in [5, 5.41) is 14.2. The minimum absolute atomic E-state index is 0.218. The van der Waals surface area contributed by atoms with E-state index in [1.165, 1.54) is 12.1 Å². The lowest BCUT2D eigenvalue weighted by Gasteiger charge is -2.10. The van der Waals surface area contributed by atoms with E-state index < -0.39 is 15.9 Å². The largest absolute Gasteiger partial charge is 0.388 e. The van der Waals surface area contributed by atoms with Gasteiger partial charge in [-0.05, 0) is 23.3 Å². The summed E-state index contributed by atoms with van der Waals surface area (Å²) in [5.41, 5.74) is 1.49. The van der Waals surface area contributed by atoms with Crippen LogP contribution in [0.3, 0.4) is 0 Å². The Morgan fingerprint density at radius 1 is 1.42 bits per heavy atom. The van der Waals surface area contributed by atoms with Crippen LogP contribution in [0.4, 0.5) is 0 Å². The molecule has 0 saturated carbocycles. The lowest BCUT2D eigenvalue weighted by molar-refractivity contribution is 0.178. The van der Waals surface area contributed by atoms with E-state index >= 15 is 0 Å². The van der Waals surface area contributed by atoms with E-state index in [0.29, 0.717) is 12.0 Å². The van der Waals surface area contributed by atoms with Gasteiger partial charge in [0, 0.05) is 25.9 Å². The van der Waals surface area contributed by atoms with E-state index in [9.17, 15) is 13.5 Å². The van der Waals surface area contributed by atoms with Gasteiger partial charge in [0.05, 0.1) is 17.2 Å². The van der Waals surface area contributed by atoms with Crippen molar-refractivity contribution in [2.75, 3.05) is 6.26 Å². The molecule has 0 saturated heterocycles. The number of aryl methyl sites for hydroxylation is 1. The Balaban J connectivity index is 2.22. The van der Waals surface area contributed by atoms with Crippen LogP contribution in [-0.2, 0) is 23.3 Å². The number of sulfone groups is 1. The summed E-state index contributed by atoms with van der Waals surface area (Å²) >= 11 is 0. The van der Waals surface area contributed by atoms with Crippen molar-refractivity contribution >= 4 is 9.84 Å². The van der Waals surface area contributed by atoms with E-state index in [2.05, 4.69) is 5.10 Å². The molecule has 102 valence electrons. The molecule has 1 atom stereocenters. The summed E-state index contributed by atoms with van der Waals surface area (Å²) in [7, 11) is -1.45. The minimum atomic E-state index is -3.26.